The fourth-order valence-corrected chi connectivity index (χ4v) is 3.87. The van der Waals surface area contributed by atoms with Gasteiger partial charge in [-0.2, -0.15) is 0 Å². The summed E-state index contributed by atoms with van der Waals surface area (Å²) < 4.78 is 8.93. The van der Waals surface area contributed by atoms with E-state index in [-0.39, 0.29) is 20.1 Å². The fraction of sp³-hybridized carbons (Fsp3) is 0.261. The van der Waals surface area contributed by atoms with E-state index in [0.29, 0.717) is 0 Å². The van der Waals surface area contributed by atoms with Gasteiger partial charge in [0, 0.05) is 40.4 Å². The Balaban J connectivity index is 0.000000218. The van der Waals surface area contributed by atoms with E-state index in [1.165, 1.54) is 0 Å². The molecule has 159 valence electrons. The van der Waals surface area contributed by atoms with E-state index in [1.54, 1.807) is 6.20 Å². The van der Waals surface area contributed by atoms with Gasteiger partial charge in [0.2, 0.25) is 6.42 Å². The molecular weight excluding hydrogens is 549 g/mol. The Labute approximate surface area is 193 Å². The van der Waals surface area contributed by atoms with Crippen LogP contribution in [0.5, 0.6) is 0 Å². The maximum absolute atomic E-state index is 4.22. The molecule has 0 amide bonds. The second-order valence-electron chi connectivity index (χ2n) is 7.49. The van der Waals surface area contributed by atoms with Crippen molar-refractivity contribution in [3.05, 3.63) is 92.2 Å². The zero-order chi connectivity index (χ0) is 20.7. The van der Waals surface area contributed by atoms with Gasteiger partial charge in [0.25, 0.3) is 0 Å². The first kappa shape index (κ1) is 23.8. The van der Waals surface area contributed by atoms with Crippen molar-refractivity contribution in [3.8, 4) is 11.3 Å². The smallest absolute Gasteiger partial charge is 0.250 e. The Kier molecular flexibility index (Phi) is 8.76. The van der Waals surface area contributed by atoms with E-state index in [4.69, 9.17) is 0 Å². The molecule has 0 aliphatic carbocycles. The Morgan fingerprint density at radius 2 is 1.47 bits per heavy atom. The van der Waals surface area contributed by atoms with Crippen molar-refractivity contribution in [2.45, 2.75) is 26.5 Å². The number of benzene rings is 1. The molecule has 0 saturated carbocycles. The minimum atomic E-state index is -0.747. The number of aryl methyl sites for hydroxylation is 2. The third kappa shape index (κ3) is 5.35. The van der Waals surface area contributed by atoms with E-state index >= 15 is 0 Å². The Bertz CT molecular complexity index is 931. The van der Waals surface area contributed by atoms with Crippen LogP contribution in [0.4, 0.5) is 0 Å². The molecule has 7 heteroatoms. The maximum atomic E-state index is 4.22. The molecule has 0 fully saturated rings. The quantitative estimate of drug-likeness (QED) is 0.243. The van der Waals surface area contributed by atoms with Crippen LogP contribution in [0.2, 0.25) is 12.6 Å². The summed E-state index contributed by atoms with van der Waals surface area (Å²) in [5, 5.41) is 0. The number of pyridine rings is 1. The molecule has 0 unspecified atom stereocenters. The van der Waals surface area contributed by atoms with Crippen molar-refractivity contribution in [1.82, 2.24) is 23.1 Å². The second-order valence-corrected chi connectivity index (χ2v) is 7.49. The molecule has 0 saturated heterocycles. The molecule has 0 aliphatic heterocycles. The van der Waals surface area contributed by atoms with Crippen molar-refractivity contribution in [1.29, 1.82) is 0 Å². The van der Waals surface area contributed by atoms with Crippen LogP contribution >= 0.6 is 0 Å². The minimum Gasteiger partial charge on any atom is -0.375 e. The summed E-state index contributed by atoms with van der Waals surface area (Å²) in [6.07, 6.45) is 16.2. The topological polar surface area (TPSA) is 32.6 Å². The number of hydrogen-bond donors (Lipinski definition) is 0. The zero-order valence-corrected chi connectivity index (χ0v) is 20.5. The molecule has 30 heavy (non-hydrogen) atoms. The minimum absolute atomic E-state index is 0. The Hall–Kier alpha value is -2.50. The van der Waals surface area contributed by atoms with E-state index in [0.717, 1.165) is 23.9 Å². The van der Waals surface area contributed by atoms with Crippen molar-refractivity contribution < 1.29 is 20.1 Å². The Morgan fingerprint density at radius 1 is 0.867 bits per heavy atom. The monoisotopic (exact) mass is 580 g/mol. The van der Waals surface area contributed by atoms with Gasteiger partial charge < -0.3 is 13.9 Å². The van der Waals surface area contributed by atoms with Crippen LogP contribution in [-0.4, -0.2) is 29.5 Å². The maximum Gasteiger partial charge on any atom is 0.250 e. The standard InChI is InChI=1S/C12H22BN4.C11H8N.Ir/c1-5-13(6-2,16-9-7-14(3)11-16)17-10-8-15(4)12-17;1-2-6-10(7-3-1)11-8-4-5-9-12-11;/h7-12H,5-6H2,1-4H3;1-6,8-9H;/q+1;-1;. The van der Waals surface area contributed by atoms with Crippen LogP contribution in [0.15, 0.2) is 86.1 Å². The van der Waals surface area contributed by atoms with Crippen molar-refractivity contribution >= 4 is 6.42 Å². The number of rotatable bonds is 5. The second kappa shape index (κ2) is 11.0. The van der Waals surface area contributed by atoms with Crippen molar-refractivity contribution in [2.75, 3.05) is 0 Å². The van der Waals surface area contributed by atoms with Gasteiger partial charge in [-0.05, 0) is 11.8 Å². The molecule has 4 aromatic rings. The third-order valence-corrected chi connectivity index (χ3v) is 5.65. The number of aromatic nitrogens is 5. The van der Waals surface area contributed by atoms with E-state index in [2.05, 4.69) is 94.5 Å². The molecule has 0 spiro atoms. The molecule has 1 aromatic carbocycles. The zero-order valence-electron chi connectivity index (χ0n) is 18.1. The van der Waals surface area contributed by atoms with Gasteiger partial charge in [0.15, 0.2) is 12.4 Å². The molecular formula is C23H30BIrN5. The number of nitrogens with zero attached hydrogens (tertiary/aromatic N) is 5. The summed E-state index contributed by atoms with van der Waals surface area (Å²) in [5.41, 5.74) is 2.01. The summed E-state index contributed by atoms with van der Waals surface area (Å²) in [6.45, 7) is 4.53. The van der Waals surface area contributed by atoms with Gasteiger partial charge >= 0.3 is 0 Å². The number of imidazole rings is 2. The molecule has 1 radical (unpaired) electrons. The van der Waals surface area contributed by atoms with E-state index in [9.17, 15) is 0 Å². The SMILES string of the molecule is CC[B-](CC)(n1ccn(C)[cH+]1)n1ccn(C)[cH+]1.[Ir].[c-]1ccccc1-c1ccccn1. The largest absolute Gasteiger partial charge is 0.375 e. The van der Waals surface area contributed by atoms with Crippen LogP contribution in [-0.2, 0) is 34.2 Å². The summed E-state index contributed by atoms with van der Waals surface area (Å²) in [5.74, 6) is 0. The summed E-state index contributed by atoms with van der Waals surface area (Å²) in [4.78, 5) is 4.22. The molecule has 0 aliphatic rings. The fourth-order valence-electron chi connectivity index (χ4n) is 3.87. The third-order valence-electron chi connectivity index (χ3n) is 5.65. The van der Waals surface area contributed by atoms with Gasteiger partial charge in [-0.25, -0.2) is 9.13 Å². The summed E-state index contributed by atoms with van der Waals surface area (Å²) in [7, 11) is 4.14. The predicted molar refractivity (Wildman–Crippen MR) is 122 cm³/mol. The average molecular weight is 580 g/mol. The first-order valence-corrected chi connectivity index (χ1v) is 10.2. The van der Waals surface area contributed by atoms with Gasteiger partial charge in [0.1, 0.15) is 25.0 Å². The van der Waals surface area contributed by atoms with Crippen molar-refractivity contribution in [2.24, 2.45) is 14.1 Å². The van der Waals surface area contributed by atoms with Crippen LogP contribution in [0.1, 0.15) is 13.8 Å². The number of hydrogen-bond acceptors (Lipinski definition) is 1. The summed E-state index contributed by atoms with van der Waals surface area (Å²) in [6, 6.07) is 16.8. The Morgan fingerprint density at radius 3 is 1.87 bits per heavy atom. The van der Waals surface area contributed by atoms with E-state index < -0.39 is 6.42 Å². The van der Waals surface area contributed by atoms with Gasteiger partial charge in [-0.3, -0.25) is 0 Å². The molecule has 3 aromatic heterocycles. The first-order valence-electron chi connectivity index (χ1n) is 10.2. The van der Waals surface area contributed by atoms with Crippen LogP contribution in [0, 0.1) is 6.07 Å². The molecule has 0 bridgehead atoms. The van der Waals surface area contributed by atoms with Gasteiger partial charge in [0.05, 0.1) is 0 Å². The van der Waals surface area contributed by atoms with Crippen LogP contribution < -0.4 is 0 Å². The molecule has 3 heterocycles. The summed E-state index contributed by atoms with van der Waals surface area (Å²) >= 11 is 0. The van der Waals surface area contributed by atoms with Crippen LogP contribution in [0.25, 0.3) is 11.3 Å². The average Bonchev–Trinajstić information content (AvgIpc) is 3.40. The molecule has 5 nitrogen and oxygen atoms in total. The van der Waals surface area contributed by atoms with E-state index in [1.807, 2.05) is 42.5 Å². The normalized spacial score (nSPS) is 10.7. The van der Waals surface area contributed by atoms with Crippen molar-refractivity contribution in [3.63, 3.8) is 0 Å². The molecule has 4 rings (SSSR count). The molecule has 0 atom stereocenters. The first-order chi connectivity index (χ1) is 14.1. The molecule has 0 N–H and O–H groups in total. The van der Waals surface area contributed by atoms with Gasteiger partial charge in [-0.15, -0.1) is 48.5 Å². The van der Waals surface area contributed by atoms with Gasteiger partial charge in [-0.1, -0.05) is 26.0 Å². The predicted octanol–water partition coefficient (Wildman–Crippen LogP) is 4.95. The van der Waals surface area contributed by atoms with Crippen LogP contribution in [0.3, 0.4) is 0 Å².